The van der Waals surface area contributed by atoms with Crippen molar-refractivity contribution in [2.45, 2.75) is 64.3 Å². The van der Waals surface area contributed by atoms with Gasteiger partial charge in [-0.2, -0.15) is 0 Å². The van der Waals surface area contributed by atoms with Crippen LogP contribution in [-0.2, 0) is 4.79 Å². The fraction of sp³-hybridized carbons (Fsp3) is 0.933. The summed E-state index contributed by atoms with van der Waals surface area (Å²) in [5.41, 5.74) is 0. The summed E-state index contributed by atoms with van der Waals surface area (Å²) in [6.45, 7) is 2.12. The van der Waals surface area contributed by atoms with Gasteiger partial charge < -0.3 is 10.4 Å². The van der Waals surface area contributed by atoms with Gasteiger partial charge in [0.1, 0.15) is 0 Å². The van der Waals surface area contributed by atoms with Crippen molar-refractivity contribution in [3.05, 3.63) is 0 Å². The molecule has 2 aliphatic rings. The van der Waals surface area contributed by atoms with E-state index in [-0.39, 0.29) is 24.5 Å². The van der Waals surface area contributed by atoms with Crippen LogP contribution in [0.15, 0.2) is 0 Å². The molecule has 0 spiro atoms. The lowest BCUT2D eigenvalue weighted by Gasteiger charge is -2.39. The molecule has 4 unspecified atom stereocenters. The molecule has 0 bridgehead atoms. The van der Waals surface area contributed by atoms with E-state index in [1.165, 1.54) is 32.1 Å². The first kappa shape index (κ1) is 13.9. The molecule has 3 nitrogen and oxygen atoms in total. The van der Waals surface area contributed by atoms with E-state index in [9.17, 15) is 4.79 Å². The maximum absolute atomic E-state index is 12.2. The first-order valence-electron chi connectivity index (χ1n) is 7.62. The van der Waals surface area contributed by atoms with E-state index in [1.807, 2.05) is 6.92 Å². The van der Waals surface area contributed by atoms with Crippen molar-refractivity contribution in [1.29, 1.82) is 0 Å². The van der Waals surface area contributed by atoms with Crippen LogP contribution < -0.4 is 5.32 Å². The zero-order valence-corrected chi connectivity index (χ0v) is 11.5. The van der Waals surface area contributed by atoms with Crippen molar-refractivity contribution in [2.75, 3.05) is 6.61 Å². The minimum atomic E-state index is 0.103. The number of hydrogen-bond acceptors (Lipinski definition) is 2. The zero-order chi connectivity index (χ0) is 13.0. The van der Waals surface area contributed by atoms with Gasteiger partial charge in [-0.15, -0.1) is 0 Å². The quantitative estimate of drug-likeness (QED) is 0.808. The van der Waals surface area contributed by atoms with Gasteiger partial charge in [0.15, 0.2) is 0 Å². The topological polar surface area (TPSA) is 49.3 Å². The lowest BCUT2D eigenvalue weighted by atomic mass is 9.67. The highest BCUT2D eigenvalue weighted by atomic mass is 16.3. The maximum atomic E-state index is 12.2. The Morgan fingerprint density at radius 1 is 1.22 bits per heavy atom. The van der Waals surface area contributed by atoms with E-state index < -0.39 is 0 Å². The number of aliphatic hydroxyl groups excluding tert-OH is 1. The Hall–Kier alpha value is -0.570. The lowest BCUT2D eigenvalue weighted by Crippen LogP contribution is -2.41. The highest BCUT2D eigenvalue weighted by molar-refractivity contribution is 5.79. The summed E-state index contributed by atoms with van der Waals surface area (Å²) in [6, 6.07) is 0.103. The molecule has 4 atom stereocenters. The SMILES string of the molecule is CC(CCO)NC(=O)C1CCC2CCCCC2C1. The van der Waals surface area contributed by atoms with Crippen LogP contribution in [0.1, 0.15) is 58.3 Å². The Morgan fingerprint density at radius 2 is 1.94 bits per heavy atom. The van der Waals surface area contributed by atoms with E-state index in [2.05, 4.69) is 5.32 Å². The Morgan fingerprint density at radius 3 is 2.67 bits per heavy atom. The van der Waals surface area contributed by atoms with Gasteiger partial charge in [0, 0.05) is 18.6 Å². The average molecular weight is 253 g/mol. The van der Waals surface area contributed by atoms with Crippen molar-refractivity contribution < 1.29 is 9.90 Å². The molecule has 0 aromatic heterocycles. The van der Waals surface area contributed by atoms with E-state index in [4.69, 9.17) is 5.11 Å². The van der Waals surface area contributed by atoms with Crippen molar-refractivity contribution in [1.82, 2.24) is 5.32 Å². The van der Waals surface area contributed by atoms with Crippen molar-refractivity contribution >= 4 is 5.91 Å². The summed E-state index contributed by atoms with van der Waals surface area (Å²) in [5.74, 6) is 2.15. The average Bonchev–Trinajstić information content (AvgIpc) is 2.38. The molecule has 0 radical (unpaired) electrons. The van der Waals surface area contributed by atoms with E-state index in [1.54, 1.807) is 0 Å². The van der Waals surface area contributed by atoms with Crippen molar-refractivity contribution in [3.8, 4) is 0 Å². The van der Waals surface area contributed by atoms with Gasteiger partial charge >= 0.3 is 0 Å². The van der Waals surface area contributed by atoms with Crippen molar-refractivity contribution in [3.63, 3.8) is 0 Å². The van der Waals surface area contributed by atoms with Crippen LogP contribution >= 0.6 is 0 Å². The van der Waals surface area contributed by atoms with Gasteiger partial charge in [0.05, 0.1) is 0 Å². The third kappa shape index (κ3) is 3.47. The molecule has 0 saturated heterocycles. The van der Waals surface area contributed by atoms with Gasteiger partial charge in [0.2, 0.25) is 5.91 Å². The second-order valence-corrected chi connectivity index (χ2v) is 6.24. The number of hydrogen-bond donors (Lipinski definition) is 2. The molecule has 18 heavy (non-hydrogen) atoms. The Bertz CT molecular complexity index is 280. The molecule has 2 rings (SSSR count). The first-order valence-corrected chi connectivity index (χ1v) is 7.62. The summed E-state index contributed by atoms with van der Waals surface area (Å²) in [7, 11) is 0. The third-order valence-corrected chi connectivity index (χ3v) is 4.86. The van der Waals surface area contributed by atoms with Gasteiger partial charge in [-0.05, 0) is 44.4 Å². The minimum absolute atomic E-state index is 0.103. The monoisotopic (exact) mass is 253 g/mol. The van der Waals surface area contributed by atoms with Gasteiger partial charge in [-0.1, -0.05) is 25.7 Å². The van der Waals surface area contributed by atoms with Crippen LogP contribution in [0.4, 0.5) is 0 Å². The van der Waals surface area contributed by atoms with Gasteiger partial charge in [-0.3, -0.25) is 4.79 Å². The first-order chi connectivity index (χ1) is 8.70. The summed E-state index contributed by atoms with van der Waals surface area (Å²) in [4.78, 5) is 12.2. The second kappa shape index (κ2) is 6.55. The third-order valence-electron chi connectivity index (χ3n) is 4.86. The summed E-state index contributed by atoms with van der Waals surface area (Å²) >= 11 is 0. The van der Waals surface area contributed by atoms with Crippen molar-refractivity contribution in [2.24, 2.45) is 17.8 Å². The van der Waals surface area contributed by atoms with Crippen LogP contribution in [0.2, 0.25) is 0 Å². The number of nitrogens with one attached hydrogen (secondary N) is 1. The summed E-state index contributed by atoms with van der Waals surface area (Å²) < 4.78 is 0. The molecule has 2 N–H and O–H groups in total. The van der Waals surface area contributed by atoms with Crippen LogP contribution in [-0.4, -0.2) is 23.7 Å². The number of carbonyl (C=O) groups excluding carboxylic acids is 1. The maximum Gasteiger partial charge on any atom is 0.223 e. The lowest BCUT2D eigenvalue weighted by molar-refractivity contribution is -0.127. The summed E-state index contributed by atoms with van der Waals surface area (Å²) in [5, 5.41) is 11.9. The molecule has 104 valence electrons. The number of carbonyl (C=O) groups is 1. The summed E-state index contributed by atoms with van der Waals surface area (Å²) in [6.07, 6.45) is 9.55. The van der Waals surface area contributed by atoms with E-state index in [0.717, 1.165) is 24.7 Å². The second-order valence-electron chi connectivity index (χ2n) is 6.24. The standard InChI is InChI=1S/C15H27NO2/c1-11(8-9-17)16-15(18)14-7-6-12-4-2-3-5-13(12)10-14/h11-14,17H,2-10H2,1H3,(H,16,18). The Balaban J connectivity index is 1.81. The van der Waals surface area contributed by atoms with Gasteiger partial charge in [-0.25, -0.2) is 0 Å². The van der Waals surface area contributed by atoms with Crippen LogP contribution in [0.25, 0.3) is 0 Å². The zero-order valence-electron chi connectivity index (χ0n) is 11.5. The molecular weight excluding hydrogens is 226 g/mol. The van der Waals surface area contributed by atoms with Gasteiger partial charge in [0.25, 0.3) is 0 Å². The Labute approximate surface area is 110 Å². The largest absolute Gasteiger partial charge is 0.396 e. The van der Waals surface area contributed by atoms with Crippen LogP contribution in [0, 0.1) is 17.8 Å². The van der Waals surface area contributed by atoms with Crippen LogP contribution in [0.3, 0.4) is 0 Å². The Kier molecular flexibility index (Phi) is 5.04. The highest BCUT2D eigenvalue weighted by Crippen LogP contribution is 2.42. The smallest absolute Gasteiger partial charge is 0.223 e. The molecule has 0 heterocycles. The molecule has 2 aliphatic carbocycles. The molecule has 2 fully saturated rings. The minimum Gasteiger partial charge on any atom is -0.396 e. The normalized spacial score (nSPS) is 33.6. The molecular formula is C15H27NO2. The number of fused-ring (bicyclic) bond motifs is 1. The van der Waals surface area contributed by atoms with E-state index >= 15 is 0 Å². The molecule has 3 heteroatoms. The molecule has 0 aromatic rings. The fourth-order valence-corrected chi connectivity index (χ4v) is 3.74. The predicted octanol–water partition coefficient (Wildman–Crippen LogP) is 2.48. The number of amides is 1. The highest BCUT2D eigenvalue weighted by Gasteiger charge is 2.35. The fourth-order valence-electron chi connectivity index (χ4n) is 3.74. The van der Waals surface area contributed by atoms with E-state index in [0.29, 0.717) is 6.42 Å². The number of aliphatic hydroxyl groups is 1. The number of rotatable bonds is 4. The molecule has 0 aromatic carbocycles. The van der Waals surface area contributed by atoms with Crippen LogP contribution in [0.5, 0.6) is 0 Å². The predicted molar refractivity (Wildman–Crippen MR) is 72.1 cm³/mol. The molecule has 1 amide bonds. The molecule has 0 aliphatic heterocycles. The molecule has 2 saturated carbocycles.